The first-order valence-corrected chi connectivity index (χ1v) is 5.90. The molecule has 1 rings (SSSR count). The molecule has 96 valence electrons. The number of rotatable bonds is 6. The van der Waals surface area contributed by atoms with Gasteiger partial charge in [0, 0.05) is 12.6 Å². The van der Waals surface area contributed by atoms with Crippen LogP contribution in [0.15, 0.2) is 6.33 Å². The van der Waals surface area contributed by atoms with Crippen LogP contribution in [0.2, 0.25) is 0 Å². The topological polar surface area (TPSA) is 73.1 Å². The Bertz CT molecular complexity index is 354. The van der Waals surface area contributed by atoms with E-state index in [0.717, 1.165) is 17.8 Å². The van der Waals surface area contributed by atoms with Crippen molar-refractivity contribution in [3.05, 3.63) is 11.9 Å². The van der Waals surface area contributed by atoms with Crippen LogP contribution in [0.1, 0.15) is 25.8 Å². The Morgan fingerprint density at radius 1 is 1.41 bits per heavy atom. The third kappa shape index (κ3) is 3.85. The largest absolute Gasteiger partial charge is 0.481 e. The molecule has 3 N–H and O–H groups in total. The lowest BCUT2D eigenvalue weighted by atomic mass is 10.0. The van der Waals surface area contributed by atoms with Gasteiger partial charge in [-0.25, -0.2) is 9.97 Å². The Morgan fingerprint density at radius 3 is 2.65 bits per heavy atom. The van der Waals surface area contributed by atoms with Crippen molar-refractivity contribution in [2.75, 3.05) is 19.0 Å². The van der Waals surface area contributed by atoms with E-state index in [0.29, 0.717) is 18.3 Å². The molecule has 5 heteroatoms. The molecular weight excluding hydrogens is 216 g/mol. The van der Waals surface area contributed by atoms with Crippen LogP contribution in [0, 0.1) is 12.8 Å². The smallest absolute Gasteiger partial charge is 0.221 e. The van der Waals surface area contributed by atoms with Crippen LogP contribution in [0.25, 0.3) is 0 Å². The fourth-order valence-corrected chi connectivity index (χ4v) is 1.76. The van der Waals surface area contributed by atoms with Gasteiger partial charge in [-0.1, -0.05) is 13.8 Å². The number of anilines is 1. The predicted octanol–water partition coefficient (Wildman–Crippen LogP) is 1.58. The van der Waals surface area contributed by atoms with Gasteiger partial charge in [-0.05, 0) is 19.3 Å². The van der Waals surface area contributed by atoms with Crippen molar-refractivity contribution in [1.29, 1.82) is 0 Å². The molecule has 5 nitrogen and oxygen atoms in total. The van der Waals surface area contributed by atoms with Gasteiger partial charge in [0.1, 0.15) is 12.1 Å². The monoisotopic (exact) mass is 238 g/mol. The molecule has 1 atom stereocenters. The van der Waals surface area contributed by atoms with Crippen molar-refractivity contribution in [2.24, 2.45) is 11.7 Å². The van der Waals surface area contributed by atoms with Crippen LogP contribution < -0.4 is 15.8 Å². The van der Waals surface area contributed by atoms with Crippen molar-refractivity contribution in [2.45, 2.75) is 33.2 Å². The van der Waals surface area contributed by atoms with E-state index in [2.05, 4.69) is 29.1 Å². The summed E-state index contributed by atoms with van der Waals surface area (Å²) in [5.74, 6) is 2.00. The van der Waals surface area contributed by atoms with Crippen molar-refractivity contribution < 1.29 is 4.74 Å². The summed E-state index contributed by atoms with van der Waals surface area (Å²) in [6.07, 6.45) is 2.51. The van der Waals surface area contributed by atoms with E-state index in [1.54, 1.807) is 7.11 Å². The molecule has 0 aliphatic heterocycles. The number of methoxy groups -OCH3 is 1. The summed E-state index contributed by atoms with van der Waals surface area (Å²) in [5.41, 5.74) is 6.67. The second-order valence-electron chi connectivity index (χ2n) is 4.56. The van der Waals surface area contributed by atoms with E-state index < -0.39 is 0 Å². The van der Waals surface area contributed by atoms with Crippen molar-refractivity contribution in [1.82, 2.24) is 9.97 Å². The molecule has 0 radical (unpaired) electrons. The molecule has 1 aromatic rings. The fraction of sp³-hybridized carbons (Fsp3) is 0.667. The highest BCUT2D eigenvalue weighted by Gasteiger charge is 2.13. The molecule has 1 unspecified atom stereocenters. The Kier molecular flexibility index (Phi) is 5.15. The van der Waals surface area contributed by atoms with Gasteiger partial charge in [0.25, 0.3) is 0 Å². The average molecular weight is 238 g/mol. The van der Waals surface area contributed by atoms with E-state index in [4.69, 9.17) is 10.5 Å². The average Bonchev–Trinajstić information content (AvgIpc) is 2.30. The number of hydrogen-bond donors (Lipinski definition) is 2. The normalized spacial score (nSPS) is 12.6. The minimum absolute atomic E-state index is 0.230. The summed E-state index contributed by atoms with van der Waals surface area (Å²) >= 11 is 0. The zero-order valence-corrected chi connectivity index (χ0v) is 11.0. The Morgan fingerprint density at radius 2 is 2.12 bits per heavy atom. The molecule has 0 saturated heterocycles. The second kappa shape index (κ2) is 6.39. The van der Waals surface area contributed by atoms with Gasteiger partial charge in [0.05, 0.1) is 12.7 Å². The highest BCUT2D eigenvalue weighted by molar-refractivity contribution is 5.48. The lowest BCUT2D eigenvalue weighted by Crippen LogP contribution is -2.31. The maximum atomic E-state index is 5.75. The maximum Gasteiger partial charge on any atom is 0.221 e. The van der Waals surface area contributed by atoms with Crippen molar-refractivity contribution in [3.8, 4) is 5.88 Å². The highest BCUT2D eigenvalue weighted by atomic mass is 16.5. The first kappa shape index (κ1) is 13.7. The first-order valence-electron chi connectivity index (χ1n) is 5.90. The Hall–Kier alpha value is -1.36. The summed E-state index contributed by atoms with van der Waals surface area (Å²) in [6, 6.07) is 0.230. The highest BCUT2D eigenvalue weighted by Crippen LogP contribution is 2.21. The van der Waals surface area contributed by atoms with Gasteiger partial charge >= 0.3 is 0 Å². The minimum atomic E-state index is 0.230. The molecule has 1 aromatic heterocycles. The number of nitrogens with one attached hydrogen (secondary N) is 1. The molecular formula is C12H22N4O. The van der Waals surface area contributed by atoms with E-state index in [-0.39, 0.29) is 6.04 Å². The van der Waals surface area contributed by atoms with Crippen LogP contribution in [0.5, 0.6) is 5.88 Å². The lowest BCUT2D eigenvalue weighted by molar-refractivity contribution is 0.393. The van der Waals surface area contributed by atoms with Gasteiger partial charge < -0.3 is 15.8 Å². The molecule has 0 bridgehead atoms. The third-order valence-corrected chi connectivity index (χ3v) is 2.61. The molecule has 0 aliphatic rings. The van der Waals surface area contributed by atoms with Crippen molar-refractivity contribution >= 4 is 5.82 Å². The predicted molar refractivity (Wildman–Crippen MR) is 69.2 cm³/mol. The third-order valence-electron chi connectivity index (χ3n) is 2.61. The SMILES string of the molecule is COc1ncnc(NC(CN)CC(C)C)c1C. The molecule has 0 spiro atoms. The van der Waals surface area contributed by atoms with Gasteiger partial charge in [-0.3, -0.25) is 0 Å². The number of nitrogens with two attached hydrogens (primary N) is 1. The fourth-order valence-electron chi connectivity index (χ4n) is 1.76. The van der Waals surface area contributed by atoms with E-state index in [9.17, 15) is 0 Å². The number of ether oxygens (including phenoxy) is 1. The van der Waals surface area contributed by atoms with E-state index in [1.165, 1.54) is 6.33 Å². The van der Waals surface area contributed by atoms with Crippen molar-refractivity contribution in [3.63, 3.8) is 0 Å². The summed E-state index contributed by atoms with van der Waals surface area (Å²) in [5, 5.41) is 3.35. The lowest BCUT2D eigenvalue weighted by Gasteiger charge is -2.20. The van der Waals surface area contributed by atoms with Crippen LogP contribution in [0.3, 0.4) is 0 Å². The summed E-state index contributed by atoms with van der Waals surface area (Å²) in [6.45, 7) is 6.88. The standard InChI is InChI=1S/C12H22N4O/c1-8(2)5-10(6-13)16-11-9(3)12(17-4)15-7-14-11/h7-8,10H,5-6,13H2,1-4H3,(H,14,15,16). The first-order chi connectivity index (χ1) is 8.08. The van der Waals surface area contributed by atoms with Crippen LogP contribution >= 0.6 is 0 Å². The van der Waals surface area contributed by atoms with Crippen LogP contribution in [-0.2, 0) is 0 Å². The number of nitrogens with zero attached hydrogens (tertiary/aromatic N) is 2. The minimum Gasteiger partial charge on any atom is -0.481 e. The molecule has 0 saturated carbocycles. The second-order valence-corrected chi connectivity index (χ2v) is 4.56. The van der Waals surface area contributed by atoms with Gasteiger partial charge in [0.15, 0.2) is 0 Å². The molecule has 0 aliphatic carbocycles. The molecule has 0 fully saturated rings. The maximum absolute atomic E-state index is 5.75. The quantitative estimate of drug-likeness (QED) is 0.787. The Balaban J connectivity index is 2.79. The van der Waals surface area contributed by atoms with Gasteiger partial charge in [-0.2, -0.15) is 0 Å². The van der Waals surface area contributed by atoms with Crippen LogP contribution in [-0.4, -0.2) is 29.7 Å². The summed E-state index contributed by atoms with van der Waals surface area (Å²) < 4.78 is 5.16. The van der Waals surface area contributed by atoms with E-state index in [1.807, 2.05) is 6.92 Å². The summed E-state index contributed by atoms with van der Waals surface area (Å²) in [4.78, 5) is 8.27. The molecule has 17 heavy (non-hydrogen) atoms. The molecule has 0 amide bonds. The summed E-state index contributed by atoms with van der Waals surface area (Å²) in [7, 11) is 1.60. The van der Waals surface area contributed by atoms with E-state index >= 15 is 0 Å². The zero-order valence-electron chi connectivity index (χ0n) is 11.0. The molecule has 1 heterocycles. The van der Waals surface area contributed by atoms with Gasteiger partial charge in [-0.15, -0.1) is 0 Å². The van der Waals surface area contributed by atoms with Gasteiger partial charge in [0.2, 0.25) is 5.88 Å². The Labute approximate surface area is 103 Å². The number of aromatic nitrogens is 2. The molecule has 0 aromatic carbocycles. The number of hydrogen-bond acceptors (Lipinski definition) is 5. The zero-order chi connectivity index (χ0) is 12.8. The van der Waals surface area contributed by atoms with Crippen LogP contribution in [0.4, 0.5) is 5.82 Å².